The monoisotopic (exact) mass is 330 g/mol. The molecular formula is C10H11IN4O. The highest BCUT2D eigenvalue weighted by Crippen LogP contribution is 2.21. The largest absolute Gasteiger partial charge is 0.397 e. The first kappa shape index (κ1) is 11.2. The molecule has 1 aromatic heterocycles. The molecule has 6 heteroatoms. The summed E-state index contributed by atoms with van der Waals surface area (Å²) in [5, 5.41) is 6.94. The number of anilines is 2. The van der Waals surface area contributed by atoms with Crippen LogP contribution in [0.3, 0.4) is 0 Å². The zero-order valence-electron chi connectivity index (χ0n) is 8.70. The molecule has 0 saturated carbocycles. The molecule has 0 fully saturated rings. The lowest BCUT2D eigenvalue weighted by Gasteiger charge is -2.07. The number of aromatic nitrogens is 2. The predicted molar refractivity (Wildman–Crippen MR) is 69.9 cm³/mol. The fourth-order valence-electron chi connectivity index (χ4n) is 1.28. The number of aryl methyl sites for hydroxylation is 1. The quantitative estimate of drug-likeness (QED) is 0.666. The van der Waals surface area contributed by atoms with Gasteiger partial charge in [0.15, 0.2) is 5.82 Å². The lowest BCUT2D eigenvalue weighted by molar-refractivity contribution is 0.388. The maximum absolute atomic E-state index is 5.86. The van der Waals surface area contributed by atoms with Crippen LogP contribution in [0.4, 0.5) is 11.4 Å². The fourth-order valence-corrected chi connectivity index (χ4v) is 1.80. The van der Waals surface area contributed by atoms with Gasteiger partial charge >= 0.3 is 0 Å². The molecule has 1 heterocycles. The summed E-state index contributed by atoms with van der Waals surface area (Å²) in [4.78, 5) is 4.09. The summed E-state index contributed by atoms with van der Waals surface area (Å²) in [6.07, 6.45) is 0. The van der Waals surface area contributed by atoms with Gasteiger partial charge in [0.25, 0.3) is 0 Å². The van der Waals surface area contributed by atoms with Crippen LogP contribution in [0.2, 0.25) is 0 Å². The minimum Gasteiger partial charge on any atom is -0.397 e. The van der Waals surface area contributed by atoms with Crippen LogP contribution >= 0.6 is 22.6 Å². The number of hydrogen-bond donors (Lipinski definition) is 2. The SMILES string of the molecule is Cc1nc(CNc2ccc(I)cc2N)no1. The summed E-state index contributed by atoms with van der Waals surface area (Å²) in [6.45, 7) is 2.26. The van der Waals surface area contributed by atoms with Crippen LogP contribution in [0.25, 0.3) is 0 Å². The Kier molecular flexibility index (Phi) is 3.28. The Morgan fingerprint density at radius 2 is 2.31 bits per heavy atom. The molecule has 16 heavy (non-hydrogen) atoms. The Morgan fingerprint density at radius 3 is 2.94 bits per heavy atom. The van der Waals surface area contributed by atoms with E-state index in [0.29, 0.717) is 23.9 Å². The van der Waals surface area contributed by atoms with Gasteiger partial charge in [0.2, 0.25) is 5.89 Å². The molecule has 1 aromatic carbocycles. The Bertz CT molecular complexity index is 497. The van der Waals surface area contributed by atoms with Gasteiger partial charge in [-0.3, -0.25) is 0 Å². The van der Waals surface area contributed by atoms with Crippen molar-refractivity contribution < 1.29 is 4.52 Å². The first-order chi connectivity index (χ1) is 7.65. The van der Waals surface area contributed by atoms with Crippen molar-refractivity contribution in [2.45, 2.75) is 13.5 Å². The van der Waals surface area contributed by atoms with Crippen LogP contribution in [0.5, 0.6) is 0 Å². The van der Waals surface area contributed by atoms with Crippen molar-refractivity contribution in [3.63, 3.8) is 0 Å². The molecule has 0 aliphatic heterocycles. The van der Waals surface area contributed by atoms with E-state index in [0.717, 1.165) is 9.26 Å². The predicted octanol–water partition coefficient (Wildman–Crippen LogP) is 2.18. The maximum Gasteiger partial charge on any atom is 0.223 e. The van der Waals surface area contributed by atoms with Crippen molar-refractivity contribution >= 4 is 34.0 Å². The number of benzene rings is 1. The average Bonchev–Trinajstić information content (AvgIpc) is 2.63. The van der Waals surface area contributed by atoms with Crippen LogP contribution in [0, 0.1) is 10.5 Å². The second-order valence-corrected chi connectivity index (χ2v) is 4.56. The Hall–Kier alpha value is -1.31. The van der Waals surface area contributed by atoms with E-state index in [1.54, 1.807) is 6.92 Å². The molecule has 3 N–H and O–H groups in total. The van der Waals surface area contributed by atoms with Gasteiger partial charge in [0.05, 0.1) is 17.9 Å². The zero-order chi connectivity index (χ0) is 11.5. The van der Waals surface area contributed by atoms with Gasteiger partial charge in [-0.1, -0.05) is 5.16 Å². The smallest absolute Gasteiger partial charge is 0.223 e. The number of nitrogens with one attached hydrogen (secondary N) is 1. The maximum atomic E-state index is 5.86. The fraction of sp³-hybridized carbons (Fsp3) is 0.200. The molecule has 84 valence electrons. The first-order valence-electron chi connectivity index (χ1n) is 4.73. The molecule has 2 rings (SSSR count). The van der Waals surface area contributed by atoms with Crippen LogP contribution in [0.15, 0.2) is 22.7 Å². The molecule has 0 spiro atoms. The summed E-state index contributed by atoms with van der Waals surface area (Å²) in [5.74, 6) is 1.18. The third kappa shape index (κ3) is 2.63. The molecule has 2 aromatic rings. The minimum atomic E-state index is 0.502. The lowest BCUT2D eigenvalue weighted by Crippen LogP contribution is -2.04. The second-order valence-electron chi connectivity index (χ2n) is 3.31. The van der Waals surface area contributed by atoms with Crippen LogP contribution in [-0.2, 0) is 6.54 Å². The van der Waals surface area contributed by atoms with Crippen LogP contribution in [0.1, 0.15) is 11.7 Å². The highest BCUT2D eigenvalue weighted by atomic mass is 127. The average molecular weight is 330 g/mol. The van der Waals surface area contributed by atoms with Crippen molar-refractivity contribution in [1.29, 1.82) is 0 Å². The number of hydrogen-bond acceptors (Lipinski definition) is 5. The second kappa shape index (κ2) is 4.69. The summed E-state index contributed by atoms with van der Waals surface area (Å²) in [6, 6.07) is 5.83. The first-order valence-corrected chi connectivity index (χ1v) is 5.81. The molecule has 0 bridgehead atoms. The van der Waals surface area contributed by atoms with Crippen molar-refractivity contribution in [2.24, 2.45) is 0 Å². The van der Waals surface area contributed by atoms with E-state index in [4.69, 9.17) is 10.3 Å². The molecule has 0 aliphatic carbocycles. The van der Waals surface area contributed by atoms with E-state index in [1.807, 2.05) is 18.2 Å². The molecular weight excluding hydrogens is 319 g/mol. The van der Waals surface area contributed by atoms with Crippen LogP contribution < -0.4 is 11.1 Å². The summed E-state index contributed by atoms with van der Waals surface area (Å²) in [5.41, 5.74) is 7.45. The van der Waals surface area contributed by atoms with E-state index in [1.165, 1.54) is 0 Å². The molecule has 0 unspecified atom stereocenters. The third-order valence-corrected chi connectivity index (χ3v) is 2.69. The van der Waals surface area contributed by atoms with E-state index >= 15 is 0 Å². The molecule has 0 aliphatic rings. The Morgan fingerprint density at radius 1 is 1.50 bits per heavy atom. The topological polar surface area (TPSA) is 77.0 Å². The standard InChI is InChI=1S/C10H11IN4O/c1-6-14-10(15-16-6)5-13-9-3-2-7(11)4-8(9)12/h2-4,13H,5,12H2,1H3. The highest BCUT2D eigenvalue weighted by Gasteiger charge is 2.03. The minimum absolute atomic E-state index is 0.502. The molecule has 5 nitrogen and oxygen atoms in total. The van der Waals surface area contributed by atoms with E-state index < -0.39 is 0 Å². The summed E-state index contributed by atoms with van der Waals surface area (Å²) < 4.78 is 5.98. The number of nitrogens with two attached hydrogens (primary N) is 1. The van der Waals surface area contributed by atoms with Gasteiger partial charge in [-0.2, -0.15) is 4.98 Å². The molecule has 0 atom stereocenters. The number of nitrogens with zero attached hydrogens (tertiary/aromatic N) is 2. The van der Waals surface area contributed by atoms with E-state index in [2.05, 4.69) is 38.0 Å². The number of halogens is 1. The Labute approximate surface area is 107 Å². The van der Waals surface area contributed by atoms with Gasteiger partial charge in [-0.25, -0.2) is 0 Å². The van der Waals surface area contributed by atoms with Gasteiger partial charge in [-0.15, -0.1) is 0 Å². The molecule has 0 radical (unpaired) electrons. The highest BCUT2D eigenvalue weighted by molar-refractivity contribution is 14.1. The van der Waals surface area contributed by atoms with Crippen molar-refractivity contribution in [3.05, 3.63) is 33.5 Å². The van der Waals surface area contributed by atoms with Gasteiger partial charge in [0, 0.05) is 10.5 Å². The third-order valence-electron chi connectivity index (χ3n) is 2.02. The summed E-state index contributed by atoms with van der Waals surface area (Å²) in [7, 11) is 0. The summed E-state index contributed by atoms with van der Waals surface area (Å²) >= 11 is 2.22. The Balaban J connectivity index is 2.04. The number of nitrogen functional groups attached to an aromatic ring is 1. The van der Waals surface area contributed by atoms with E-state index in [9.17, 15) is 0 Å². The molecule has 0 saturated heterocycles. The van der Waals surface area contributed by atoms with Crippen LogP contribution in [-0.4, -0.2) is 10.1 Å². The van der Waals surface area contributed by atoms with Gasteiger partial charge in [-0.05, 0) is 40.8 Å². The van der Waals surface area contributed by atoms with Gasteiger partial charge in [0.1, 0.15) is 0 Å². The van der Waals surface area contributed by atoms with Gasteiger partial charge < -0.3 is 15.6 Å². The van der Waals surface area contributed by atoms with Crippen molar-refractivity contribution in [2.75, 3.05) is 11.1 Å². The molecule has 0 amide bonds. The van der Waals surface area contributed by atoms with Crippen molar-refractivity contribution in [1.82, 2.24) is 10.1 Å². The normalized spacial score (nSPS) is 10.4. The zero-order valence-corrected chi connectivity index (χ0v) is 10.9. The number of rotatable bonds is 3. The van der Waals surface area contributed by atoms with E-state index in [-0.39, 0.29) is 0 Å². The van der Waals surface area contributed by atoms with Crippen molar-refractivity contribution in [3.8, 4) is 0 Å². The lowest BCUT2D eigenvalue weighted by atomic mass is 10.2.